The average Bonchev–Trinajstić information content (AvgIpc) is 2.68. The van der Waals surface area contributed by atoms with Gasteiger partial charge in [0.1, 0.15) is 5.69 Å². The molecule has 0 aliphatic heterocycles. The van der Waals surface area contributed by atoms with E-state index in [4.69, 9.17) is 17.3 Å². The van der Waals surface area contributed by atoms with Crippen molar-refractivity contribution in [2.45, 2.75) is 33.2 Å². The maximum atomic E-state index is 13.5. The van der Waals surface area contributed by atoms with E-state index in [1.165, 1.54) is 24.5 Å². The summed E-state index contributed by atoms with van der Waals surface area (Å²) in [5, 5.41) is 0.360. The van der Waals surface area contributed by atoms with Crippen LogP contribution in [0.1, 0.15) is 62.9 Å². The van der Waals surface area contributed by atoms with Gasteiger partial charge in [-0.05, 0) is 48.2 Å². The number of carbonyl (C=O) groups excluding carboxylic acids is 2. The lowest BCUT2D eigenvalue weighted by Crippen LogP contribution is -2.38. The molecule has 0 saturated heterocycles. The lowest BCUT2D eigenvalue weighted by molar-refractivity contribution is 0.0997. The topological polar surface area (TPSA) is 128 Å². The van der Waals surface area contributed by atoms with Crippen LogP contribution in [0, 0.1) is 6.92 Å². The molecule has 0 spiro atoms. The normalized spacial score (nSPS) is 11.0. The molecule has 9 heteroatoms. The molecule has 31 heavy (non-hydrogen) atoms. The lowest BCUT2D eigenvalue weighted by Gasteiger charge is -2.18. The number of nitrogens with zero attached hydrogens (tertiary/aromatic N) is 2. The number of hydrogen-bond donors (Lipinski definition) is 2. The molecule has 3 aromatic rings. The molecule has 0 bridgehead atoms. The molecular weight excluding hydrogens is 420 g/mol. The number of primary amides is 1. The highest BCUT2D eigenvalue weighted by Gasteiger charge is 2.25. The van der Waals surface area contributed by atoms with Gasteiger partial charge in [-0.1, -0.05) is 25.4 Å². The number of rotatable bonds is 6. The molecule has 0 aliphatic rings. The Kier molecular flexibility index (Phi) is 6.21. The predicted molar refractivity (Wildman–Crippen MR) is 117 cm³/mol. The van der Waals surface area contributed by atoms with Crippen LogP contribution >= 0.6 is 11.6 Å². The van der Waals surface area contributed by atoms with E-state index in [1.807, 2.05) is 0 Å². The number of H-pyrrole nitrogens is 1. The molecular formula is C22H21ClN4O4. The van der Waals surface area contributed by atoms with Gasteiger partial charge in [0.05, 0.1) is 12.1 Å². The maximum absolute atomic E-state index is 13.5. The zero-order valence-electron chi connectivity index (χ0n) is 17.2. The van der Waals surface area contributed by atoms with Crippen molar-refractivity contribution in [1.82, 2.24) is 14.5 Å². The third kappa shape index (κ3) is 4.49. The minimum absolute atomic E-state index is 0.0577. The highest BCUT2D eigenvalue weighted by molar-refractivity contribution is 6.31. The number of carbonyl (C=O) groups is 2. The van der Waals surface area contributed by atoms with E-state index >= 15 is 0 Å². The largest absolute Gasteiger partial charge is 0.366 e. The van der Waals surface area contributed by atoms with Gasteiger partial charge in [-0.15, -0.1) is 0 Å². The summed E-state index contributed by atoms with van der Waals surface area (Å²) < 4.78 is 1.15. The van der Waals surface area contributed by atoms with Crippen LogP contribution in [-0.4, -0.2) is 26.2 Å². The van der Waals surface area contributed by atoms with E-state index in [0.29, 0.717) is 10.6 Å². The number of aryl methyl sites for hydroxylation is 1. The Labute approximate surface area is 182 Å². The van der Waals surface area contributed by atoms with Crippen LogP contribution < -0.4 is 17.0 Å². The van der Waals surface area contributed by atoms with Crippen molar-refractivity contribution in [3.8, 4) is 0 Å². The van der Waals surface area contributed by atoms with Crippen LogP contribution in [0.3, 0.4) is 0 Å². The van der Waals surface area contributed by atoms with Gasteiger partial charge in [-0.3, -0.25) is 28.9 Å². The molecule has 2 heterocycles. The van der Waals surface area contributed by atoms with Crippen molar-refractivity contribution in [2.75, 3.05) is 0 Å². The second-order valence-electron chi connectivity index (χ2n) is 7.51. The number of hydrogen-bond acceptors (Lipinski definition) is 5. The van der Waals surface area contributed by atoms with E-state index in [0.717, 1.165) is 10.1 Å². The zero-order valence-corrected chi connectivity index (χ0v) is 18.0. The molecule has 160 valence electrons. The van der Waals surface area contributed by atoms with Crippen molar-refractivity contribution in [1.29, 1.82) is 0 Å². The quantitative estimate of drug-likeness (QED) is 0.569. The lowest BCUT2D eigenvalue weighted by atomic mass is 9.96. The summed E-state index contributed by atoms with van der Waals surface area (Å²) in [6, 6.07) is 6.35. The van der Waals surface area contributed by atoms with Crippen molar-refractivity contribution >= 4 is 23.3 Å². The van der Waals surface area contributed by atoms with Crippen LogP contribution in [-0.2, 0) is 6.54 Å². The Morgan fingerprint density at radius 1 is 1.23 bits per heavy atom. The van der Waals surface area contributed by atoms with Gasteiger partial charge in [0.15, 0.2) is 0 Å². The van der Waals surface area contributed by atoms with Crippen molar-refractivity contribution in [2.24, 2.45) is 5.73 Å². The van der Waals surface area contributed by atoms with Gasteiger partial charge in [0.25, 0.3) is 11.5 Å². The molecule has 0 unspecified atom stereocenters. The van der Waals surface area contributed by atoms with Gasteiger partial charge in [-0.2, -0.15) is 0 Å². The Balaban J connectivity index is 2.31. The molecule has 1 aromatic carbocycles. The van der Waals surface area contributed by atoms with Gasteiger partial charge in [0, 0.05) is 28.5 Å². The second-order valence-corrected chi connectivity index (χ2v) is 7.94. The van der Waals surface area contributed by atoms with Crippen LogP contribution in [0.15, 0.2) is 46.2 Å². The molecule has 8 nitrogen and oxygen atoms in total. The van der Waals surface area contributed by atoms with Gasteiger partial charge in [-0.25, -0.2) is 4.79 Å². The summed E-state index contributed by atoms with van der Waals surface area (Å²) in [7, 11) is 0. The average molecular weight is 441 g/mol. The first-order valence-corrected chi connectivity index (χ1v) is 9.89. The monoisotopic (exact) mass is 440 g/mol. The van der Waals surface area contributed by atoms with E-state index in [9.17, 15) is 19.2 Å². The number of nitrogens with two attached hydrogens (primary N) is 1. The fraction of sp³-hybridized carbons (Fsp3) is 0.227. The van der Waals surface area contributed by atoms with Crippen LogP contribution in [0.2, 0.25) is 5.02 Å². The summed E-state index contributed by atoms with van der Waals surface area (Å²) >= 11 is 6.12. The van der Waals surface area contributed by atoms with E-state index < -0.39 is 22.9 Å². The molecule has 3 N–H and O–H groups in total. The third-order valence-electron chi connectivity index (χ3n) is 4.84. The number of amides is 1. The van der Waals surface area contributed by atoms with E-state index in [-0.39, 0.29) is 34.8 Å². The number of nitrogens with one attached hydrogen (secondary N) is 1. The fourth-order valence-electron chi connectivity index (χ4n) is 3.48. The summed E-state index contributed by atoms with van der Waals surface area (Å²) in [5.41, 5.74) is 5.63. The highest BCUT2D eigenvalue weighted by atomic mass is 35.5. The first-order chi connectivity index (χ1) is 14.6. The third-order valence-corrected chi connectivity index (χ3v) is 5.06. The summed E-state index contributed by atoms with van der Waals surface area (Å²) in [5.74, 6) is -1.60. The van der Waals surface area contributed by atoms with Crippen LogP contribution in [0.25, 0.3) is 0 Å². The predicted octanol–water partition coefficient (Wildman–Crippen LogP) is 2.40. The molecule has 2 aromatic heterocycles. The fourth-order valence-corrected chi connectivity index (χ4v) is 3.76. The molecule has 0 atom stereocenters. The van der Waals surface area contributed by atoms with Crippen molar-refractivity contribution in [3.05, 3.63) is 96.0 Å². The first-order valence-electron chi connectivity index (χ1n) is 9.51. The molecule has 0 radical (unpaired) electrons. The molecule has 0 aliphatic carbocycles. The number of aromatic nitrogens is 3. The molecule has 0 saturated carbocycles. The SMILES string of the molecule is Cc1cc(Cl)cc(C(=O)c2c(C(C)C)c(=O)[nH]c(=O)n2Cc2ccncc2C(N)=O)c1. The standard InChI is InChI=1S/C22H21ClN4O4/c1-11(2)17-18(19(28)14-6-12(3)7-15(23)8-14)27(22(31)26-21(17)30)10-13-4-5-25-9-16(13)20(24)29/h4-9,11H,10H2,1-3H3,(H2,24,29)(H,26,30,31). The smallest absolute Gasteiger partial charge is 0.329 e. The van der Waals surface area contributed by atoms with E-state index in [2.05, 4.69) is 9.97 Å². The summed E-state index contributed by atoms with van der Waals surface area (Å²) in [6.07, 6.45) is 2.74. The Hall–Kier alpha value is -3.52. The van der Waals surface area contributed by atoms with Gasteiger partial charge >= 0.3 is 5.69 Å². The Morgan fingerprint density at radius 2 is 1.94 bits per heavy atom. The minimum Gasteiger partial charge on any atom is -0.366 e. The second kappa shape index (κ2) is 8.69. The Bertz CT molecular complexity index is 1290. The highest BCUT2D eigenvalue weighted by Crippen LogP contribution is 2.22. The number of aromatic amines is 1. The maximum Gasteiger partial charge on any atom is 0.329 e. The first kappa shape index (κ1) is 22.2. The summed E-state index contributed by atoms with van der Waals surface area (Å²) in [4.78, 5) is 56.9. The van der Waals surface area contributed by atoms with Gasteiger partial charge < -0.3 is 5.73 Å². The minimum atomic E-state index is -0.774. The number of benzene rings is 1. The molecule has 1 amide bonds. The summed E-state index contributed by atoms with van der Waals surface area (Å²) in [6.45, 7) is 5.13. The molecule has 0 fully saturated rings. The number of ketones is 1. The number of pyridine rings is 1. The number of halogens is 1. The van der Waals surface area contributed by atoms with Crippen molar-refractivity contribution < 1.29 is 9.59 Å². The van der Waals surface area contributed by atoms with Gasteiger partial charge in [0.2, 0.25) is 5.78 Å². The van der Waals surface area contributed by atoms with Crippen molar-refractivity contribution in [3.63, 3.8) is 0 Å². The van der Waals surface area contributed by atoms with Crippen LogP contribution in [0.4, 0.5) is 0 Å². The van der Waals surface area contributed by atoms with E-state index in [1.54, 1.807) is 32.9 Å². The Morgan fingerprint density at radius 3 is 2.55 bits per heavy atom. The molecule has 3 rings (SSSR count). The zero-order chi connectivity index (χ0) is 22.9. The van der Waals surface area contributed by atoms with Crippen LogP contribution in [0.5, 0.6) is 0 Å².